The number of carbonyl (C=O) groups excluding carboxylic acids is 2. The predicted octanol–water partition coefficient (Wildman–Crippen LogP) is 3.64. The summed E-state index contributed by atoms with van der Waals surface area (Å²) in [6, 6.07) is 18.4. The number of hydrogen-bond acceptors (Lipinski definition) is 6. The number of aromatic nitrogens is 1. The van der Waals surface area contributed by atoms with Gasteiger partial charge in [0, 0.05) is 23.9 Å². The van der Waals surface area contributed by atoms with Crippen molar-refractivity contribution in [2.45, 2.75) is 25.6 Å². The molecule has 2 aliphatic heterocycles. The minimum absolute atomic E-state index is 0.0575. The Labute approximate surface area is 179 Å². The van der Waals surface area contributed by atoms with Crippen LogP contribution in [0.4, 0.5) is 0 Å². The van der Waals surface area contributed by atoms with E-state index < -0.39 is 12.1 Å². The topological polar surface area (TPSA) is 78.0 Å². The molecular weight excluding hydrogens is 396 g/mol. The fourth-order valence-corrected chi connectivity index (χ4v) is 3.90. The van der Waals surface area contributed by atoms with E-state index in [-0.39, 0.29) is 19.1 Å². The highest BCUT2D eigenvalue weighted by Crippen LogP contribution is 2.37. The van der Waals surface area contributed by atoms with E-state index in [1.165, 1.54) is 0 Å². The molecule has 0 saturated heterocycles. The lowest BCUT2D eigenvalue weighted by molar-refractivity contribution is -0.134. The molecule has 0 radical (unpaired) electrons. The lowest BCUT2D eigenvalue weighted by Crippen LogP contribution is -2.31. The third kappa shape index (κ3) is 3.82. The number of pyridine rings is 1. The number of ether oxygens (including phenoxy) is 3. The van der Waals surface area contributed by atoms with E-state index in [4.69, 9.17) is 14.2 Å². The number of para-hydroxylation sites is 1. The Hall–Kier alpha value is -3.87. The van der Waals surface area contributed by atoms with Crippen molar-refractivity contribution in [2.75, 3.05) is 6.79 Å². The van der Waals surface area contributed by atoms with Gasteiger partial charge in [0.15, 0.2) is 11.5 Å². The van der Waals surface area contributed by atoms with E-state index >= 15 is 0 Å². The second kappa shape index (κ2) is 8.10. The first-order valence-corrected chi connectivity index (χ1v) is 10.0. The molecule has 7 heteroatoms. The fraction of sp³-hybridized carbons (Fsp3) is 0.208. The van der Waals surface area contributed by atoms with Gasteiger partial charge >= 0.3 is 5.97 Å². The molecule has 5 rings (SSSR count). The average molecular weight is 416 g/mol. The molecule has 0 saturated carbocycles. The summed E-state index contributed by atoms with van der Waals surface area (Å²) in [5.74, 6) is 0.785. The summed E-state index contributed by atoms with van der Waals surface area (Å²) >= 11 is 0. The lowest BCUT2D eigenvalue weighted by Gasteiger charge is -2.24. The van der Waals surface area contributed by atoms with Crippen molar-refractivity contribution >= 4 is 11.9 Å². The summed E-state index contributed by atoms with van der Waals surface area (Å²) in [5.41, 5.74) is 2.88. The van der Waals surface area contributed by atoms with Gasteiger partial charge in [0.05, 0.1) is 24.2 Å². The van der Waals surface area contributed by atoms with Gasteiger partial charge in [-0.3, -0.25) is 9.78 Å². The lowest BCUT2D eigenvalue weighted by atomic mass is 10.0. The van der Waals surface area contributed by atoms with Crippen LogP contribution in [0.1, 0.15) is 39.7 Å². The van der Waals surface area contributed by atoms with Crippen molar-refractivity contribution in [3.8, 4) is 11.5 Å². The van der Waals surface area contributed by atoms with Crippen LogP contribution in [0.2, 0.25) is 0 Å². The quantitative estimate of drug-likeness (QED) is 0.571. The molecular formula is C24H20N2O5. The van der Waals surface area contributed by atoms with Gasteiger partial charge in [0.25, 0.3) is 0 Å². The van der Waals surface area contributed by atoms with Crippen LogP contribution in [0.25, 0.3) is 0 Å². The molecule has 2 aromatic carbocycles. The van der Waals surface area contributed by atoms with Crippen LogP contribution in [-0.4, -0.2) is 28.6 Å². The largest absolute Gasteiger partial charge is 0.454 e. The molecule has 7 nitrogen and oxygen atoms in total. The van der Waals surface area contributed by atoms with E-state index in [2.05, 4.69) is 4.98 Å². The van der Waals surface area contributed by atoms with Crippen molar-refractivity contribution < 1.29 is 23.8 Å². The third-order valence-electron chi connectivity index (χ3n) is 5.41. The summed E-state index contributed by atoms with van der Waals surface area (Å²) in [6.45, 7) is 0.812. The molecule has 31 heavy (non-hydrogen) atoms. The molecule has 1 amide bonds. The van der Waals surface area contributed by atoms with Gasteiger partial charge in [-0.2, -0.15) is 0 Å². The number of benzene rings is 2. The van der Waals surface area contributed by atoms with Gasteiger partial charge in [0.2, 0.25) is 12.7 Å². The number of amides is 1. The van der Waals surface area contributed by atoms with Crippen molar-refractivity contribution in [1.29, 1.82) is 0 Å². The van der Waals surface area contributed by atoms with Crippen molar-refractivity contribution in [1.82, 2.24) is 9.88 Å². The number of nitrogens with zero attached hydrogens (tertiary/aromatic N) is 2. The van der Waals surface area contributed by atoms with Gasteiger partial charge in [-0.15, -0.1) is 0 Å². The standard InChI is InChI=1S/C24H20N2O5/c27-22(12-21-18-8-1-2-9-19(18)24(28)31-21)26(14-17-7-3-4-11-25-17)13-16-6-5-10-20-23(16)30-15-29-20/h1-11,21H,12-15H2. The second-order valence-electron chi connectivity index (χ2n) is 7.41. The summed E-state index contributed by atoms with van der Waals surface area (Å²) in [4.78, 5) is 31.6. The van der Waals surface area contributed by atoms with Crippen molar-refractivity contribution in [3.05, 3.63) is 89.2 Å². The maximum absolute atomic E-state index is 13.4. The van der Waals surface area contributed by atoms with E-state index in [0.29, 0.717) is 30.2 Å². The third-order valence-corrected chi connectivity index (χ3v) is 5.41. The number of esters is 1. The minimum atomic E-state index is -0.594. The number of fused-ring (bicyclic) bond motifs is 2. The maximum atomic E-state index is 13.4. The maximum Gasteiger partial charge on any atom is 0.339 e. The van der Waals surface area contributed by atoms with Crippen LogP contribution in [0.3, 0.4) is 0 Å². The highest BCUT2D eigenvalue weighted by molar-refractivity contribution is 5.94. The average Bonchev–Trinajstić information content (AvgIpc) is 3.40. The van der Waals surface area contributed by atoms with Crippen molar-refractivity contribution in [3.63, 3.8) is 0 Å². The molecule has 0 spiro atoms. The van der Waals surface area contributed by atoms with Crippen molar-refractivity contribution in [2.24, 2.45) is 0 Å². The zero-order chi connectivity index (χ0) is 21.2. The predicted molar refractivity (Wildman–Crippen MR) is 110 cm³/mol. The van der Waals surface area contributed by atoms with Gasteiger partial charge < -0.3 is 19.1 Å². The van der Waals surface area contributed by atoms with E-state index in [9.17, 15) is 9.59 Å². The first kappa shape index (κ1) is 19.1. The molecule has 1 aromatic heterocycles. The van der Waals surface area contributed by atoms with Gasteiger partial charge in [-0.05, 0) is 24.3 Å². The molecule has 156 valence electrons. The van der Waals surface area contributed by atoms with Crippen LogP contribution in [0, 0.1) is 0 Å². The number of rotatable bonds is 6. The Morgan fingerprint density at radius 3 is 2.74 bits per heavy atom. The van der Waals surface area contributed by atoms with Crippen LogP contribution in [-0.2, 0) is 22.6 Å². The van der Waals surface area contributed by atoms with E-state index in [1.807, 2.05) is 48.5 Å². The van der Waals surface area contributed by atoms with Gasteiger partial charge in [0.1, 0.15) is 6.10 Å². The zero-order valence-electron chi connectivity index (χ0n) is 16.7. The van der Waals surface area contributed by atoms with Crippen LogP contribution < -0.4 is 9.47 Å². The molecule has 0 aliphatic carbocycles. The van der Waals surface area contributed by atoms with Crippen LogP contribution >= 0.6 is 0 Å². The van der Waals surface area contributed by atoms with E-state index in [0.717, 1.165) is 16.8 Å². The Morgan fingerprint density at radius 1 is 1.00 bits per heavy atom. The Bertz CT molecular complexity index is 1130. The molecule has 0 bridgehead atoms. The molecule has 0 N–H and O–H groups in total. The molecule has 0 fully saturated rings. The second-order valence-corrected chi connectivity index (χ2v) is 7.41. The monoisotopic (exact) mass is 416 g/mol. The fourth-order valence-electron chi connectivity index (χ4n) is 3.90. The molecule has 3 aromatic rings. The number of hydrogen-bond donors (Lipinski definition) is 0. The zero-order valence-corrected chi connectivity index (χ0v) is 16.7. The smallest absolute Gasteiger partial charge is 0.339 e. The van der Waals surface area contributed by atoms with Gasteiger partial charge in [-0.1, -0.05) is 36.4 Å². The normalized spacial score (nSPS) is 16.0. The number of cyclic esters (lactones) is 1. The molecule has 1 atom stereocenters. The minimum Gasteiger partial charge on any atom is -0.454 e. The van der Waals surface area contributed by atoms with E-state index in [1.54, 1.807) is 23.2 Å². The molecule has 3 heterocycles. The Balaban J connectivity index is 1.40. The number of carbonyl (C=O) groups is 2. The first-order chi connectivity index (χ1) is 15.2. The Kier molecular flexibility index (Phi) is 5.00. The summed E-state index contributed by atoms with van der Waals surface area (Å²) in [5, 5.41) is 0. The SMILES string of the molecule is O=C1OC(CC(=O)N(Cc2ccccn2)Cc2cccc3c2OCO3)c2ccccc21. The van der Waals surface area contributed by atoms with Crippen LogP contribution in [0.15, 0.2) is 66.9 Å². The molecule has 2 aliphatic rings. The first-order valence-electron chi connectivity index (χ1n) is 10.0. The highest BCUT2D eigenvalue weighted by Gasteiger charge is 2.33. The summed E-state index contributed by atoms with van der Waals surface area (Å²) in [6.07, 6.45) is 1.16. The summed E-state index contributed by atoms with van der Waals surface area (Å²) < 4.78 is 16.6. The van der Waals surface area contributed by atoms with Crippen LogP contribution in [0.5, 0.6) is 11.5 Å². The van der Waals surface area contributed by atoms with Gasteiger partial charge in [-0.25, -0.2) is 4.79 Å². The molecule has 1 unspecified atom stereocenters. The summed E-state index contributed by atoms with van der Waals surface area (Å²) in [7, 11) is 0. The Morgan fingerprint density at radius 2 is 1.87 bits per heavy atom. The highest BCUT2D eigenvalue weighted by atomic mass is 16.7.